The molecule has 1 aromatic heterocycles. The molecule has 6 heteroatoms. The summed E-state index contributed by atoms with van der Waals surface area (Å²) in [5.41, 5.74) is 0.973. The number of unbranched alkanes of at least 4 members (excludes halogenated alkanes) is 1. The number of carbonyl (C=O) groups is 2. The van der Waals surface area contributed by atoms with Crippen LogP contribution in [0.1, 0.15) is 51.1 Å². The summed E-state index contributed by atoms with van der Waals surface area (Å²) < 4.78 is 0. The smallest absolute Gasteiger partial charge is 0.303 e. The maximum Gasteiger partial charge on any atom is 0.303 e. The van der Waals surface area contributed by atoms with Gasteiger partial charge in [0, 0.05) is 18.2 Å². The van der Waals surface area contributed by atoms with Crippen molar-refractivity contribution >= 4 is 28.3 Å². The first kappa shape index (κ1) is 14.6. The van der Waals surface area contributed by atoms with Crippen LogP contribution in [0.15, 0.2) is 5.38 Å². The fraction of sp³-hybridized carbons (Fsp3) is 0.583. The van der Waals surface area contributed by atoms with Crippen LogP contribution in [0, 0.1) is 0 Å². The summed E-state index contributed by atoms with van der Waals surface area (Å²) >= 11 is 1.41. The molecule has 5 nitrogen and oxygen atoms in total. The first-order valence-electron chi connectivity index (χ1n) is 5.96. The number of thiazole rings is 1. The molecular weight excluding hydrogens is 252 g/mol. The Kier molecular flexibility index (Phi) is 5.77. The normalized spacial score (nSPS) is 10.6. The maximum atomic E-state index is 11.5. The molecule has 1 amide bonds. The lowest BCUT2D eigenvalue weighted by Gasteiger charge is -2.01. The van der Waals surface area contributed by atoms with Crippen LogP contribution >= 0.6 is 11.3 Å². The van der Waals surface area contributed by atoms with Crippen LogP contribution in [-0.2, 0) is 9.59 Å². The molecule has 0 aliphatic carbocycles. The third-order valence-electron chi connectivity index (χ3n) is 2.40. The van der Waals surface area contributed by atoms with E-state index in [9.17, 15) is 9.59 Å². The Labute approximate surface area is 110 Å². The molecule has 1 rings (SSSR count). The SMILES string of the molecule is CC(C)c1csc(NC(=O)CCCCC(=O)O)n1. The Balaban J connectivity index is 2.28. The van der Waals surface area contributed by atoms with E-state index in [0.717, 1.165) is 5.69 Å². The van der Waals surface area contributed by atoms with Gasteiger partial charge >= 0.3 is 5.97 Å². The molecule has 18 heavy (non-hydrogen) atoms. The van der Waals surface area contributed by atoms with E-state index in [1.807, 2.05) is 19.2 Å². The first-order chi connectivity index (χ1) is 8.49. The minimum atomic E-state index is -0.822. The van der Waals surface area contributed by atoms with Gasteiger partial charge in [0.15, 0.2) is 5.13 Å². The van der Waals surface area contributed by atoms with Crippen LogP contribution in [0.2, 0.25) is 0 Å². The lowest BCUT2D eigenvalue weighted by molar-refractivity contribution is -0.137. The van der Waals surface area contributed by atoms with Gasteiger partial charge in [0.1, 0.15) is 0 Å². The molecule has 1 aromatic rings. The summed E-state index contributed by atoms with van der Waals surface area (Å²) in [6, 6.07) is 0. The molecule has 0 aliphatic heterocycles. The van der Waals surface area contributed by atoms with E-state index in [0.29, 0.717) is 30.3 Å². The van der Waals surface area contributed by atoms with Gasteiger partial charge in [-0.25, -0.2) is 4.98 Å². The van der Waals surface area contributed by atoms with Crippen molar-refractivity contribution in [2.75, 3.05) is 5.32 Å². The van der Waals surface area contributed by atoms with Crippen LogP contribution in [0.3, 0.4) is 0 Å². The van der Waals surface area contributed by atoms with Crippen LogP contribution in [0.25, 0.3) is 0 Å². The minimum absolute atomic E-state index is 0.106. The number of carbonyl (C=O) groups excluding carboxylic acids is 1. The van der Waals surface area contributed by atoms with E-state index >= 15 is 0 Å². The second-order valence-corrected chi connectivity index (χ2v) is 5.24. The fourth-order valence-electron chi connectivity index (χ4n) is 1.35. The second-order valence-electron chi connectivity index (χ2n) is 4.38. The lowest BCUT2D eigenvalue weighted by atomic mass is 10.2. The summed E-state index contributed by atoms with van der Waals surface area (Å²) in [6.45, 7) is 4.10. The Bertz CT molecular complexity index is 415. The lowest BCUT2D eigenvalue weighted by Crippen LogP contribution is -2.11. The molecule has 0 saturated carbocycles. The quantitative estimate of drug-likeness (QED) is 0.747. The molecule has 2 N–H and O–H groups in total. The van der Waals surface area contributed by atoms with Crippen molar-refractivity contribution in [2.45, 2.75) is 45.4 Å². The number of amides is 1. The molecule has 0 saturated heterocycles. The molecule has 0 aliphatic rings. The fourth-order valence-corrected chi connectivity index (χ4v) is 2.24. The van der Waals surface area contributed by atoms with Gasteiger partial charge in [0.2, 0.25) is 5.91 Å². The number of rotatable bonds is 7. The van der Waals surface area contributed by atoms with Crippen LogP contribution in [0.4, 0.5) is 5.13 Å². The summed E-state index contributed by atoms with van der Waals surface area (Å²) in [6.07, 6.45) is 1.56. The zero-order chi connectivity index (χ0) is 13.5. The highest BCUT2D eigenvalue weighted by Gasteiger charge is 2.08. The standard InChI is InChI=1S/C12H18N2O3S/c1-8(2)9-7-18-12(13-9)14-10(15)5-3-4-6-11(16)17/h7-8H,3-6H2,1-2H3,(H,16,17)(H,13,14,15). The van der Waals surface area contributed by atoms with Crippen molar-refractivity contribution in [2.24, 2.45) is 0 Å². The third kappa shape index (κ3) is 5.27. The molecule has 0 spiro atoms. The number of carboxylic acid groups (broad SMARTS) is 1. The molecule has 100 valence electrons. The van der Waals surface area contributed by atoms with Gasteiger partial charge in [-0.3, -0.25) is 9.59 Å². The third-order valence-corrected chi connectivity index (χ3v) is 3.18. The Morgan fingerprint density at radius 1 is 1.39 bits per heavy atom. The van der Waals surface area contributed by atoms with Gasteiger partial charge in [-0.2, -0.15) is 0 Å². The van der Waals surface area contributed by atoms with Gasteiger partial charge in [-0.15, -0.1) is 11.3 Å². The zero-order valence-corrected chi connectivity index (χ0v) is 11.4. The number of aliphatic carboxylic acids is 1. The van der Waals surface area contributed by atoms with E-state index in [1.54, 1.807) is 0 Å². The summed E-state index contributed by atoms with van der Waals surface area (Å²) in [5.74, 6) is -0.579. The highest BCUT2D eigenvalue weighted by molar-refractivity contribution is 7.13. The van der Waals surface area contributed by atoms with Crippen molar-refractivity contribution in [1.82, 2.24) is 4.98 Å². The van der Waals surface area contributed by atoms with Crippen molar-refractivity contribution in [1.29, 1.82) is 0 Å². The van der Waals surface area contributed by atoms with E-state index in [2.05, 4.69) is 10.3 Å². The Morgan fingerprint density at radius 3 is 2.61 bits per heavy atom. The summed E-state index contributed by atoms with van der Waals surface area (Å²) in [5, 5.41) is 13.7. The molecule has 1 heterocycles. The molecular formula is C12H18N2O3S. The van der Waals surface area contributed by atoms with E-state index in [-0.39, 0.29) is 12.3 Å². The zero-order valence-electron chi connectivity index (χ0n) is 10.6. The average Bonchev–Trinajstić information content (AvgIpc) is 2.72. The van der Waals surface area contributed by atoms with E-state index in [4.69, 9.17) is 5.11 Å². The largest absolute Gasteiger partial charge is 0.481 e. The molecule has 0 bridgehead atoms. The molecule has 0 radical (unpaired) electrons. The van der Waals surface area contributed by atoms with Crippen LogP contribution in [0.5, 0.6) is 0 Å². The van der Waals surface area contributed by atoms with Gasteiger partial charge in [0.05, 0.1) is 5.69 Å². The monoisotopic (exact) mass is 270 g/mol. The number of carboxylic acids is 1. The van der Waals surface area contributed by atoms with Crippen molar-refractivity contribution in [3.63, 3.8) is 0 Å². The predicted octanol–water partition coefficient (Wildman–Crippen LogP) is 2.85. The molecule has 0 aromatic carbocycles. The van der Waals surface area contributed by atoms with Crippen molar-refractivity contribution in [3.05, 3.63) is 11.1 Å². The minimum Gasteiger partial charge on any atom is -0.481 e. The van der Waals surface area contributed by atoms with Crippen molar-refractivity contribution < 1.29 is 14.7 Å². The number of nitrogens with one attached hydrogen (secondary N) is 1. The van der Waals surface area contributed by atoms with Crippen LogP contribution < -0.4 is 5.32 Å². The topological polar surface area (TPSA) is 79.3 Å². The van der Waals surface area contributed by atoms with Gasteiger partial charge in [-0.05, 0) is 18.8 Å². The summed E-state index contributed by atoms with van der Waals surface area (Å²) in [7, 11) is 0. The average molecular weight is 270 g/mol. The van der Waals surface area contributed by atoms with Gasteiger partial charge < -0.3 is 10.4 Å². The van der Waals surface area contributed by atoms with E-state index < -0.39 is 5.97 Å². The number of hydrogen-bond donors (Lipinski definition) is 2. The Morgan fingerprint density at radius 2 is 2.06 bits per heavy atom. The second kappa shape index (κ2) is 7.10. The summed E-state index contributed by atoms with van der Waals surface area (Å²) in [4.78, 5) is 26.1. The number of nitrogens with zero attached hydrogens (tertiary/aromatic N) is 1. The molecule has 0 fully saturated rings. The Hall–Kier alpha value is -1.43. The molecule has 0 atom stereocenters. The maximum absolute atomic E-state index is 11.5. The molecule has 0 unspecified atom stereocenters. The van der Waals surface area contributed by atoms with Crippen LogP contribution in [-0.4, -0.2) is 22.0 Å². The first-order valence-corrected chi connectivity index (χ1v) is 6.84. The number of hydrogen-bond acceptors (Lipinski definition) is 4. The van der Waals surface area contributed by atoms with Gasteiger partial charge in [-0.1, -0.05) is 13.8 Å². The van der Waals surface area contributed by atoms with Crippen molar-refractivity contribution in [3.8, 4) is 0 Å². The van der Waals surface area contributed by atoms with E-state index in [1.165, 1.54) is 11.3 Å². The highest BCUT2D eigenvalue weighted by atomic mass is 32.1. The number of anilines is 1. The van der Waals surface area contributed by atoms with Gasteiger partial charge in [0.25, 0.3) is 0 Å². The highest BCUT2D eigenvalue weighted by Crippen LogP contribution is 2.21. The number of aromatic nitrogens is 1. The predicted molar refractivity (Wildman–Crippen MR) is 70.9 cm³/mol.